The van der Waals surface area contributed by atoms with Crippen molar-refractivity contribution in [1.29, 1.82) is 0 Å². The van der Waals surface area contributed by atoms with Crippen LogP contribution in [0.25, 0.3) is 38.8 Å². The van der Waals surface area contributed by atoms with E-state index in [4.69, 9.17) is 0 Å². The van der Waals surface area contributed by atoms with Gasteiger partial charge in [0.25, 0.3) is 5.56 Å². The predicted molar refractivity (Wildman–Crippen MR) is 121 cm³/mol. The highest BCUT2D eigenvalue weighted by atomic mass is 79.9. The fourth-order valence-corrected chi connectivity index (χ4v) is 4.05. The van der Waals surface area contributed by atoms with Gasteiger partial charge in [-0.1, -0.05) is 70.5 Å². The molecule has 4 nitrogen and oxygen atoms in total. The highest BCUT2D eigenvalue weighted by Crippen LogP contribution is 2.30. The third kappa shape index (κ3) is 3.04. The summed E-state index contributed by atoms with van der Waals surface area (Å²) in [5.41, 5.74) is 4.49. The smallest absolute Gasteiger partial charge is 0.267 e. The number of alkyl halides is 1. The van der Waals surface area contributed by atoms with E-state index in [1.165, 1.54) is 10.8 Å². The molecule has 5 aromatic rings. The number of hydrogen-bond acceptors (Lipinski definition) is 3. The van der Waals surface area contributed by atoms with Crippen molar-refractivity contribution in [2.45, 2.75) is 5.33 Å². The number of fused-ring (bicyclic) bond motifs is 2. The van der Waals surface area contributed by atoms with Crippen molar-refractivity contribution in [3.8, 4) is 16.8 Å². The van der Waals surface area contributed by atoms with E-state index in [1.54, 1.807) is 10.8 Å². The average molecular weight is 442 g/mol. The van der Waals surface area contributed by atoms with Gasteiger partial charge in [-0.3, -0.25) is 9.36 Å². The summed E-state index contributed by atoms with van der Waals surface area (Å²) in [6.07, 6.45) is 1.68. The van der Waals surface area contributed by atoms with Gasteiger partial charge in [0.05, 0.1) is 11.0 Å². The van der Waals surface area contributed by atoms with E-state index >= 15 is 0 Å². The Bertz CT molecular complexity index is 1420. The highest BCUT2D eigenvalue weighted by Gasteiger charge is 2.13. The second kappa shape index (κ2) is 7.26. The van der Waals surface area contributed by atoms with E-state index in [9.17, 15) is 4.79 Å². The summed E-state index contributed by atoms with van der Waals surface area (Å²) in [4.78, 5) is 22.0. The molecule has 3 aromatic carbocycles. The fourth-order valence-electron chi connectivity index (χ4n) is 3.68. The second-order valence-corrected chi connectivity index (χ2v) is 7.32. The van der Waals surface area contributed by atoms with Crippen LogP contribution in [0, 0.1) is 0 Å². The lowest BCUT2D eigenvalue weighted by atomic mass is 9.98. The molecular formula is C24H16BrN3O. The molecule has 140 valence electrons. The molecule has 0 spiro atoms. The van der Waals surface area contributed by atoms with Gasteiger partial charge in [0.1, 0.15) is 11.2 Å². The zero-order valence-corrected chi connectivity index (χ0v) is 17.0. The quantitative estimate of drug-likeness (QED) is 0.347. The van der Waals surface area contributed by atoms with E-state index in [2.05, 4.69) is 62.3 Å². The first-order chi connectivity index (χ1) is 14.3. The van der Waals surface area contributed by atoms with E-state index in [0.717, 1.165) is 16.8 Å². The Morgan fingerprint density at radius 2 is 1.72 bits per heavy atom. The molecule has 0 saturated carbocycles. The monoisotopic (exact) mass is 441 g/mol. The third-order valence-electron chi connectivity index (χ3n) is 5.01. The molecule has 2 aromatic heterocycles. The Hall–Kier alpha value is -3.31. The first-order valence-electron chi connectivity index (χ1n) is 9.27. The summed E-state index contributed by atoms with van der Waals surface area (Å²) in [7, 11) is 0. The van der Waals surface area contributed by atoms with Gasteiger partial charge in [-0.25, -0.2) is 9.97 Å². The largest absolute Gasteiger partial charge is 0.279 e. The SMILES string of the molecule is O=c1c(CBr)nc2cccnc2n1-c1cccc(-c2cccc3ccccc23)c1. The van der Waals surface area contributed by atoms with Crippen molar-refractivity contribution in [2.24, 2.45) is 0 Å². The summed E-state index contributed by atoms with van der Waals surface area (Å²) in [6.45, 7) is 0. The summed E-state index contributed by atoms with van der Waals surface area (Å²) in [5, 5.41) is 2.75. The van der Waals surface area contributed by atoms with Crippen LogP contribution in [0.5, 0.6) is 0 Å². The van der Waals surface area contributed by atoms with Crippen LogP contribution in [0.15, 0.2) is 89.9 Å². The van der Waals surface area contributed by atoms with E-state index < -0.39 is 0 Å². The van der Waals surface area contributed by atoms with Gasteiger partial charge in [0.2, 0.25) is 0 Å². The van der Waals surface area contributed by atoms with Crippen molar-refractivity contribution in [3.63, 3.8) is 0 Å². The Balaban J connectivity index is 1.78. The maximum atomic E-state index is 13.1. The van der Waals surface area contributed by atoms with Crippen LogP contribution >= 0.6 is 15.9 Å². The topological polar surface area (TPSA) is 47.8 Å². The van der Waals surface area contributed by atoms with E-state index in [0.29, 0.717) is 22.2 Å². The minimum Gasteiger partial charge on any atom is -0.267 e. The minimum atomic E-state index is -0.164. The molecule has 0 unspecified atom stereocenters. The average Bonchev–Trinajstić information content (AvgIpc) is 2.78. The zero-order chi connectivity index (χ0) is 19.8. The summed E-state index contributed by atoms with van der Waals surface area (Å²) in [6, 6.07) is 26.3. The lowest BCUT2D eigenvalue weighted by molar-refractivity contribution is 0.955. The van der Waals surface area contributed by atoms with Crippen LogP contribution in [-0.2, 0) is 5.33 Å². The maximum Gasteiger partial charge on any atom is 0.279 e. The van der Waals surface area contributed by atoms with Crippen LogP contribution in [0.2, 0.25) is 0 Å². The molecule has 0 aliphatic rings. The summed E-state index contributed by atoms with van der Waals surface area (Å²) >= 11 is 3.38. The molecule has 0 bridgehead atoms. The van der Waals surface area contributed by atoms with Gasteiger partial charge in [-0.05, 0) is 46.2 Å². The van der Waals surface area contributed by atoms with Gasteiger partial charge in [0, 0.05) is 6.20 Å². The van der Waals surface area contributed by atoms with Crippen LogP contribution < -0.4 is 5.56 Å². The van der Waals surface area contributed by atoms with Crippen molar-refractivity contribution in [3.05, 3.63) is 101 Å². The van der Waals surface area contributed by atoms with E-state index in [1.807, 2.05) is 42.5 Å². The molecular weight excluding hydrogens is 426 g/mol. The molecule has 5 rings (SSSR count). The summed E-state index contributed by atoms with van der Waals surface area (Å²) < 4.78 is 1.65. The first-order valence-corrected chi connectivity index (χ1v) is 10.4. The van der Waals surface area contributed by atoms with Crippen molar-refractivity contribution in [1.82, 2.24) is 14.5 Å². The Kier molecular flexibility index (Phi) is 4.45. The third-order valence-corrected chi connectivity index (χ3v) is 5.55. The number of pyridine rings is 1. The lowest BCUT2D eigenvalue weighted by Gasteiger charge is -2.13. The number of benzene rings is 3. The van der Waals surface area contributed by atoms with Crippen molar-refractivity contribution >= 4 is 37.9 Å². The number of aromatic nitrogens is 3. The molecule has 29 heavy (non-hydrogen) atoms. The Labute approximate surface area is 175 Å². The van der Waals surface area contributed by atoms with Crippen molar-refractivity contribution in [2.75, 3.05) is 0 Å². The molecule has 0 amide bonds. The molecule has 0 saturated heterocycles. The maximum absolute atomic E-state index is 13.1. The predicted octanol–water partition coefficient (Wildman–Crippen LogP) is 5.50. The molecule has 0 aliphatic heterocycles. The summed E-state index contributed by atoms with van der Waals surface area (Å²) in [5.74, 6) is 0. The normalized spacial score (nSPS) is 11.2. The number of halogens is 1. The van der Waals surface area contributed by atoms with E-state index in [-0.39, 0.29) is 5.56 Å². The van der Waals surface area contributed by atoms with Crippen LogP contribution in [0.1, 0.15) is 5.69 Å². The number of rotatable bonds is 3. The fraction of sp³-hybridized carbons (Fsp3) is 0.0417. The van der Waals surface area contributed by atoms with Crippen LogP contribution in [0.3, 0.4) is 0 Å². The molecule has 0 N–H and O–H groups in total. The zero-order valence-electron chi connectivity index (χ0n) is 15.4. The number of hydrogen-bond donors (Lipinski definition) is 0. The van der Waals surface area contributed by atoms with Gasteiger partial charge in [-0.15, -0.1) is 0 Å². The van der Waals surface area contributed by atoms with Crippen molar-refractivity contribution < 1.29 is 0 Å². The minimum absolute atomic E-state index is 0.164. The van der Waals surface area contributed by atoms with Gasteiger partial charge >= 0.3 is 0 Å². The molecule has 0 atom stereocenters. The van der Waals surface area contributed by atoms with Crippen LogP contribution in [0.4, 0.5) is 0 Å². The van der Waals surface area contributed by atoms with Crippen LogP contribution in [-0.4, -0.2) is 14.5 Å². The first kappa shape index (κ1) is 17.8. The number of nitrogens with zero attached hydrogens (tertiary/aromatic N) is 3. The second-order valence-electron chi connectivity index (χ2n) is 6.76. The Morgan fingerprint density at radius 1 is 0.897 bits per heavy atom. The molecule has 2 heterocycles. The van der Waals surface area contributed by atoms with Gasteiger partial charge in [-0.2, -0.15) is 0 Å². The van der Waals surface area contributed by atoms with Gasteiger partial charge < -0.3 is 0 Å². The highest BCUT2D eigenvalue weighted by molar-refractivity contribution is 9.08. The van der Waals surface area contributed by atoms with Gasteiger partial charge in [0.15, 0.2) is 5.65 Å². The molecule has 0 fully saturated rings. The molecule has 0 radical (unpaired) electrons. The molecule has 0 aliphatic carbocycles. The Morgan fingerprint density at radius 3 is 2.62 bits per heavy atom. The molecule has 5 heteroatoms. The lowest BCUT2D eigenvalue weighted by Crippen LogP contribution is -2.24. The standard InChI is InChI=1S/C24H16BrN3O/c25-15-22-24(29)28(23-21(27-22)12-5-13-26-23)18-9-3-8-17(14-18)20-11-4-7-16-6-1-2-10-19(16)20/h1-14H,15H2.